The number of methoxy groups -OCH3 is 1. The lowest BCUT2D eigenvalue weighted by molar-refractivity contribution is 0.0601. The van der Waals surface area contributed by atoms with Gasteiger partial charge in [-0.15, -0.1) is 0 Å². The molecule has 0 radical (unpaired) electrons. The van der Waals surface area contributed by atoms with Crippen LogP contribution in [0, 0.1) is 6.92 Å². The average molecular weight is 373 g/mol. The first kappa shape index (κ1) is 17.6. The summed E-state index contributed by atoms with van der Waals surface area (Å²) in [5, 5.41) is 13.0. The number of carbonyl (C=O) groups excluding carboxylic acids is 1. The molecular weight excluding hydrogens is 354 g/mol. The normalized spacial score (nSPS) is 10.8. The average Bonchev–Trinajstić information content (AvgIpc) is 3.08. The van der Waals surface area contributed by atoms with Gasteiger partial charge in [0.2, 0.25) is 0 Å². The summed E-state index contributed by atoms with van der Waals surface area (Å²) < 4.78 is 6.83. The van der Waals surface area contributed by atoms with E-state index in [2.05, 4.69) is 5.32 Å². The van der Waals surface area contributed by atoms with Gasteiger partial charge in [0.1, 0.15) is 22.9 Å². The lowest BCUT2D eigenvalue weighted by Crippen LogP contribution is -2.03. The van der Waals surface area contributed by atoms with Crippen LogP contribution in [0.3, 0.4) is 0 Å². The van der Waals surface area contributed by atoms with E-state index in [0.29, 0.717) is 5.56 Å². The van der Waals surface area contributed by atoms with Gasteiger partial charge in [-0.05, 0) is 61.5 Å². The molecule has 0 spiro atoms. The highest BCUT2D eigenvalue weighted by atomic mass is 16.5. The number of ether oxygens (including phenoxy) is 1. The van der Waals surface area contributed by atoms with Crippen molar-refractivity contribution in [1.29, 1.82) is 0 Å². The predicted molar refractivity (Wildman–Crippen MR) is 108 cm³/mol. The van der Waals surface area contributed by atoms with Gasteiger partial charge >= 0.3 is 5.97 Å². The summed E-state index contributed by atoms with van der Waals surface area (Å²) in [6.45, 7) is 2.01. The maximum Gasteiger partial charge on any atom is 0.337 e. The number of aromatic hydroxyl groups is 1. The Bertz CT molecular complexity index is 1160. The second-order valence-corrected chi connectivity index (χ2v) is 6.41. The van der Waals surface area contributed by atoms with Crippen molar-refractivity contribution in [2.45, 2.75) is 6.92 Å². The SMILES string of the molecule is COC(=O)c1cccc(Nc2c(-c3ccc(O)cc3)nc3cccc(C)n23)c1. The molecule has 140 valence electrons. The number of anilines is 2. The molecule has 2 N–H and O–H groups in total. The van der Waals surface area contributed by atoms with E-state index in [1.54, 1.807) is 30.3 Å². The van der Waals surface area contributed by atoms with Crippen LogP contribution >= 0.6 is 0 Å². The number of nitrogens with one attached hydrogen (secondary N) is 1. The van der Waals surface area contributed by atoms with Crippen molar-refractivity contribution in [1.82, 2.24) is 9.38 Å². The van der Waals surface area contributed by atoms with Crippen LogP contribution in [0.25, 0.3) is 16.9 Å². The zero-order chi connectivity index (χ0) is 19.7. The molecule has 0 saturated heterocycles. The van der Waals surface area contributed by atoms with E-state index in [0.717, 1.165) is 34.1 Å². The number of benzene rings is 2. The number of hydrogen-bond acceptors (Lipinski definition) is 5. The molecule has 28 heavy (non-hydrogen) atoms. The van der Waals surface area contributed by atoms with E-state index in [4.69, 9.17) is 9.72 Å². The van der Waals surface area contributed by atoms with Crippen LogP contribution in [-0.4, -0.2) is 27.6 Å². The summed E-state index contributed by atoms with van der Waals surface area (Å²) in [6.07, 6.45) is 0. The molecule has 2 heterocycles. The maximum absolute atomic E-state index is 11.9. The van der Waals surface area contributed by atoms with Crippen molar-refractivity contribution in [3.8, 4) is 17.0 Å². The quantitative estimate of drug-likeness (QED) is 0.514. The summed E-state index contributed by atoms with van der Waals surface area (Å²) in [7, 11) is 1.36. The lowest BCUT2D eigenvalue weighted by atomic mass is 10.1. The monoisotopic (exact) mass is 373 g/mol. The Morgan fingerprint density at radius 2 is 1.82 bits per heavy atom. The van der Waals surface area contributed by atoms with E-state index in [1.165, 1.54) is 7.11 Å². The first-order valence-corrected chi connectivity index (χ1v) is 8.79. The Morgan fingerprint density at radius 3 is 2.57 bits per heavy atom. The zero-order valence-electron chi connectivity index (χ0n) is 15.5. The van der Waals surface area contributed by atoms with Crippen molar-refractivity contribution in [3.63, 3.8) is 0 Å². The third-order valence-electron chi connectivity index (χ3n) is 4.53. The molecule has 0 atom stereocenters. The molecule has 0 aliphatic heterocycles. The lowest BCUT2D eigenvalue weighted by Gasteiger charge is -2.11. The first-order valence-electron chi connectivity index (χ1n) is 8.79. The van der Waals surface area contributed by atoms with Crippen LogP contribution in [0.4, 0.5) is 11.5 Å². The molecule has 0 amide bonds. The summed E-state index contributed by atoms with van der Waals surface area (Å²) >= 11 is 0. The number of aryl methyl sites for hydroxylation is 1. The van der Waals surface area contributed by atoms with Crippen LogP contribution in [0.5, 0.6) is 5.75 Å². The highest BCUT2D eigenvalue weighted by molar-refractivity contribution is 5.91. The fraction of sp³-hybridized carbons (Fsp3) is 0.0909. The Labute approximate surface area is 162 Å². The van der Waals surface area contributed by atoms with Gasteiger partial charge in [0.15, 0.2) is 0 Å². The molecule has 2 aromatic carbocycles. The number of aromatic nitrogens is 2. The third kappa shape index (κ3) is 3.16. The molecular formula is C22H19N3O3. The molecule has 4 rings (SSSR count). The van der Waals surface area contributed by atoms with Crippen LogP contribution < -0.4 is 5.32 Å². The molecule has 2 aromatic heterocycles. The van der Waals surface area contributed by atoms with Crippen LogP contribution in [-0.2, 0) is 4.74 Å². The fourth-order valence-corrected chi connectivity index (χ4v) is 3.17. The summed E-state index contributed by atoms with van der Waals surface area (Å²) in [5.41, 5.74) is 4.64. The molecule has 0 bridgehead atoms. The standard InChI is InChI=1S/C22H19N3O3/c1-14-5-3-8-19-24-20(15-9-11-18(26)12-10-15)21(25(14)19)23-17-7-4-6-16(13-17)22(27)28-2/h3-13,23,26H,1-2H3. The van der Waals surface area contributed by atoms with E-state index in [9.17, 15) is 9.90 Å². The smallest absolute Gasteiger partial charge is 0.337 e. The number of nitrogens with zero attached hydrogens (tertiary/aromatic N) is 2. The number of phenolic OH excluding ortho intramolecular Hbond substituents is 1. The first-order chi connectivity index (χ1) is 13.6. The van der Waals surface area contributed by atoms with Crippen molar-refractivity contribution in [2.24, 2.45) is 0 Å². The molecule has 0 unspecified atom stereocenters. The van der Waals surface area contributed by atoms with Gasteiger partial charge in [0.05, 0.1) is 12.7 Å². The van der Waals surface area contributed by atoms with Gasteiger partial charge in [-0.25, -0.2) is 9.78 Å². The number of esters is 1. The van der Waals surface area contributed by atoms with Crippen LogP contribution in [0.2, 0.25) is 0 Å². The van der Waals surface area contributed by atoms with Crippen LogP contribution in [0.1, 0.15) is 16.1 Å². The number of carbonyl (C=O) groups is 1. The number of rotatable bonds is 4. The minimum absolute atomic E-state index is 0.198. The summed E-state index contributed by atoms with van der Waals surface area (Å²) in [6, 6.07) is 19.9. The van der Waals surface area contributed by atoms with E-state index in [-0.39, 0.29) is 5.75 Å². The Morgan fingerprint density at radius 1 is 1.07 bits per heavy atom. The van der Waals surface area contributed by atoms with Gasteiger partial charge in [-0.2, -0.15) is 0 Å². The number of pyridine rings is 1. The molecule has 6 nitrogen and oxygen atoms in total. The fourth-order valence-electron chi connectivity index (χ4n) is 3.17. The summed E-state index contributed by atoms with van der Waals surface area (Å²) in [5.74, 6) is 0.585. The van der Waals surface area contributed by atoms with E-state index < -0.39 is 5.97 Å². The molecule has 0 aliphatic carbocycles. The largest absolute Gasteiger partial charge is 0.508 e. The van der Waals surface area contributed by atoms with Gasteiger partial charge in [-0.1, -0.05) is 12.1 Å². The van der Waals surface area contributed by atoms with Gasteiger partial charge < -0.3 is 15.2 Å². The predicted octanol–water partition coefficient (Wildman–Crippen LogP) is 4.55. The number of imidazole rings is 1. The highest BCUT2D eigenvalue weighted by Crippen LogP contribution is 2.33. The van der Waals surface area contributed by atoms with Crippen molar-refractivity contribution < 1.29 is 14.6 Å². The molecule has 0 saturated carbocycles. The van der Waals surface area contributed by atoms with E-state index in [1.807, 2.05) is 47.7 Å². The Kier molecular flexibility index (Phi) is 4.45. The topological polar surface area (TPSA) is 75.9 Å². The van der Waals surface area contributed by atoms with Gasteiger partial charge in [0.25, 0.3) is 0 Å². The Hall–Kier alpha value is -3.80. The van der Waals surface area contributed by atoms with Gasteiger partial charge in [0, 0.05) is 16.9 Å². The van der Waals surface area contributed by atoms with Gasteiger partial charge in [-0.3, -0.25) is 4.40 Å². The minimum atomic E-state index is -0.392. The molecule has 0 aliphatic rings. The second-order valence-electron chi connectivity index (χ2n) is 6.41. The second kappa shape index (κ2) is 7.08. The van der Waals surface area contributed by atoms with Crippen molar-refractivity contribution in [2.75, 3.05) is 12.4 Å². The summed E-state index contributed by atoms with van der Waals surface area (Å²) in [4.78, 5) is 16.6. The molecule has 6 heteroatoms. The van der Waals surface area contributed by atoms with Crippen molar-refractivity contribution in [3.05, 3.63) is 78.0 Å². The molecule has 4 aromatic rings. The number of hydrogen-bond donors (Lipinski definition) is 2. The van der Waals surface area contributed by atoms with E-state index >= 15 is 0 Å². The minimum Gasteiger partial charge on any atom is -0.508 e. The number of phenols is 1. The molecule has 0 fully saturated rings. The maximum atomic E-state index is 11.9. The highest BCUT2D eigenvalue weighted by Gasteiger charge is 2.16. The zero-order valence-corrected chi connectivity index (χ0v) is 15.5. The third-order valence-corrected chi connectivity index (χ3v) is 4.53. The number of fused-ring (bicyclic) bond motifs is 1. The van der Waals surface area contributed by atoms with Crippen LogP contribution in [0.15, 0.2) is 66.7 Å². The Balaban J connectivity index is 1.86. The van der Waals surface area contributed by atoms with Crippen molar-refractivity contribution >= 4 is 23.1 Å².